The number of aromatic nitrogens is 4. The topological polar surface area (TPSA) is 43.1 Å². The number of aryl methyl sites for hydroxylation is 1. The molecule has 0 fully saturated rings. The molecule has 3 aromatic rings. The second kappa shape index (κ2) is 4.56. The van der Waals surface area contributed by atoms with E-state index < -0.39 is 0 Å². The first-order valence-electron chi connectivity index (χ1n) is 6.81. The van der Waals surface area contributed by atoms with E-state index in [1.54, 1.807) is 6.33 Å². The van der Waals surface area contributed by atoms with E-state index in [4.69, 9.17) is 11.6 Å². The number of fused-ring (bicyclic) bond motifs is 2. The van der Waals surface area contributed by atoms with Gasteiger partial charge in [-0.3, -0.25) is 0 Å². The molecule has 0 saturated carbocycles. The van der Waals surface area contributed by atoms with Gasteiger partial charge in [-0.1, -0.05) is 29.8 Å². The minimum absolute atomic E-state index is 0.653. The Balaban J connectivity index is 2.11. The monoisotopic (exact) mass is 284 g/mol. The van der Waals surface area contributed by atoms with Crippen LogP contribution in [0.15, 0.2) is 30.6 Å². The van der Waals surface area contributed by atoms with Crippen molar-refractivity contribution in [2.75, 3.05) is 0 Å². The number of hydrogen-bond donors (Lipinski definition) is 0. The summed E-state index contributed by atoms with van der Waals surface area (Å²) >= 11 is 6.39. The van der Waals surface area contributed by atoms with Crippen LogP contribution < -0.4 is 0 Å². The first-order chi connectivity index (χ1) is 9.84. The van der Waals surface area contributed by atoms with Crippen LogP contribution in [0.1, 0.15) is 24.1 Å². The molecule has 2 aromatic heterocycles. The Morgan fingerprint density at radius 2 is 1.95 bits per heavy atom. The van der Waals surface area contributed by atoms with Gasteiger partial charge in [0.25, 0.3) is 5.78 Å². The standard InChI is InChI=1S/C15H13ClN4/c16-12-7-3-1-5-10(12)14-11-6-2-4-8-13(11)19-15-17-9-18-20(14)15/h1,3,5,7,9H,2,4,6,8H2. The van der Waals surface area contributed by atoms with Crippen molar-refractivity contribution in [1.82, 2.24) is 19.6 Å². The van der Waals surface area contributed by atoms with E-state index in [9.17, 15) is 0 Å². The molecule has 0 N–H and O–H groups in total. The van der Waals surface area contributed by atoms with Gasteiger partial charge in [-0.05, 0) is 31.7 Å². The molecule has 2 heterocycles. The van der Waals surface area contributed by atoms with Gasteiger partial charge in [0.05, 0.1) is 5.69 Å². The largest absolute Gasteiger partial charge is 0.252 e. The first-order valence-corrected chi connectivity index (χ1v) is 7.19. The molecule has 0 radical (unpaired) electrons. The fourth-order valence-electron chi connectivity index (χ4n) is 2.92. The lowest BCUT2D eigenvalue weighted by atomic mass is 9.92. The summed E-state index contributed by atoms with van der Waals surface area (Å²) in [7, 11) is 0. The summed E-state index contributed by atoms with van der Waals surface area (Å²) in [6.45, 7) is 0. The van der Waals surface area contributed by atoms with Gasteiger partial charge in [0.1, 0.15) is 6.33 Å². The molecule has 4 rings (SSSR count). The number of hydrogen-bond acceptors (Lipinski definition) is 3. The van der Waals surface area contributed by atoms with Gasteiger partial charge in [-0.15, -0.1) is 0 Å². The van der Waals surface area contributed by atoms with Crippen molar-refractivity contribution in [2.24, 2.45) is 0 Å². The highest BCUT2D eigenvalue weighted by atomic mass is 35.5. The van der Waals surface area contributed by atoms with Crippen LogP contribution in [0.3, 0.4) is 0 Å². The van der Waals surface area contributed by atoms with Crippen molar-refractivity contribution >= 4 is 17.4 Å². The molecule has 20 heavy (non-hydrogen) atoms. The highest BCUT2D eigenvalue weighted by Gasteiger charge is 2.21. The van der Waals surface area contributed by atoms with Crippen molar-refractivity contribution in [3.05, 3.63) is 46.9 Å². The Morgan fingerprint density at radius 3 is 2.85 bits per heavy atom. The lowest BCUT2D eigenvalue weighted by Gasteiger charge is -2.19. The molecule has 0 atom stereocenters. The highest BCUT2D eigenvalue weighted by molar-refractivity contribution is 6.33. The maximum absolute atomic E-state index is 6.39. The maximum Gasteiger partial charge on any atom is 0.252 e. The molecule has 1 aliphatic carbocycles. The van der Waals surface area contributed by atoms with E-state index in [2.05, 4.69) is 15.1 Å². The Hall–Kier alpha value is -1.94. The summed E-state index contributed by atoms with van der Waals surface area (Å²) in [5, 5.41) is 5.07. The van der Waals surface area contributed by atoms with Crippen molar-refractivity contribution in [1.29, 1.82) is 0 Å². The molecular weight excluding hydrogens is 272 g/mol. The zero-order chi connectivity index (χ0) is 13.5. The van der Waals surface area contributed by atoms with Gasteiger partial charge in [-0.25, -0.2) is 4.98 Å². The molecule has 1 aliphatic rings. The lowest BCUT2D eigenvalue weighted by molar-refractivity contribution is 0.661. The minimum atomic E-state index is 0.653. The molecule has 0 aliphatic heterocycles. The molecule has 0 saturated heterocycles. The number of nitrogens with zero attached hydrogens (tertiary/aromatic N) is 4. The second-order valence-corrected chi connectivity index (χ2v) is 5.45. The summed E-state index contributed by atoms with van der Waals surface area (Å²) in [6.07, 6.45) is 5.96. The number of halogens is 1. The first kappa shape index (κ1) is 11.9. The smallest absolute Gasteiger partial charge is 0.216 e. The second-order valence-electron chi connectivity index (χ2n) is 5.04. The summed E-state index contributed by atoms with van der Waals surface area (Å²) in [5.41, 5.74) is 4.46. The Morgan fingerprint density at radius 1 is 1.10 bits per heavy atom. The van der Waals surface area contributed by atoms with Gasteiger partial charge in [-0.2, -0.15) is 14.6 Å². The van der Waals surface area contributed by atoms with Crippen LogP contribution in [0, 0.1) is 0 Å². The average Bonchev–Trinajstić information content (AvgIpc) is 2.93. The van der Waals surface area contributed by atoms with Crippen molar-refractivity contribution in [3.8, 4) is 11.3 Å². The van der Waals surface area contributed by atoms with E-state index in [-0.39, 0.29) is 0 Å². The van der Waals surface area contributed by atoms with Crippen LogP contribution in [0.25, 0.3) is 17.0 Å². The Labute approximate surface area is 121 Å². The minimum Gasteiger partial charge on any atom is -0.216 e. The maximum atomic E-state index is 6.39. The molecule has 1 aromatic carbocycles. The predicted octanol–water partition coefficient (Wildman–Crippen LogP) is 3.32. The molecule has 0 bridgehead atoms. The summed E-state index contributed by atoms with van der Waals surface area (Å²) < 4.78 is 1.81. The zero-order valence-electron chi connectivity index (χ0n) is 10.9. The quantitative estimate of drug-likeness (QED) is 0.688. The average molecular weight is 285 g/mol. The van der Waals surface area contributed by atoms with Gasteiger partial charge in [0.2, 0.25) is 0 Å². The van der Waals surface area contributed by atoms with Crippen molar-refractivity contribution in [2.45, 2.75) is 25.7 Å². The van der Waals surface area contributed by atoms with Crippen molar-refractivity contribution < 1.29 is 0 Å². The lowest BCUT2D eigenvalue weighted by Crippen LogP contribution is -2.12. The van der Waals surface area contributed by atoms with Gasteiger partial charge in [0.15, 0.2) is 0 Å². The van der Waals surface area contributed by atoms with Crippen LogP contribution in [-0.2, 0) is 12.8 Å². The Bertz CT molecular complexity index is 794. The molecule has 0 spiro atoms. The molecule has 0 unspecified atom stereocenters. The van der Waals surface area contributed by atoms with Crippen LogP contribution >= 0.6 is 11.6 Å². The van der Waals surface area contributed by atoms with Crippen LogP contribution in [0.2, 0.25) is 5.02 Å². The van der Waals surface area contributed by atoms with Crippen molar-refractivity contribution in [3.63, 3.8) is 0 Å². The molecule has 100 valence electrons. The number of benzene rings is 1. The molecular formula is C15H13ClN4. The van der Waals surface area contributed by atoms with E-state index in [1.807, 2.05) is 28.8 Å². The SMILES string of the molecule is Clc1ccccc1-c1c2c(nc3ncnn13)CCCC2. The summed E-state index contributed by atoms with van der Waals surface area (Å²) in [5.74, 6) is 0.653. The van der Waals surface area contributed by atoms with E-state index >= 15 is 0 Å². The fourth-order valence-corrected chi connectivity index (χ4v) is 3.14. The third-order valence-corrected chi connectivity index (χ3v) is 4.16. The van der Waals surface area contributed by atoms with Gasteiger partial charge < -0.3 is 0 Å². The molecule has 4 nitrogen and oxygen atoms in total. The van der Waals surface area contributed by atoms with E-state index in [1.165, 1.54) is 18.4 Å². The Kier molecular flexibility index (Phi) is 2.70. The molecule has 0 amide bonds. The normalized spacial score (nSPS) is 14.4. The molecule has 5 heteroatoms. The van der Waals surface area contributed by atoms with Gasteiger partial charge >= 0.3 is 0 Å². The summed E-state index contributed by atoms with van der Waals surface area (Å²) in [6, 6.07) is 7.89. The third kappa shape index (κ3) is 1.72. The predicted molar refractivity (Wildman–Crippen MR) is 77.9 cm³/mol. The van der Waals surface area contributed by atoms with Crippen LogP contribution in [-0.4, -0.2) is 19.6 Å². The fraction of sp³-hybridized carbons (Fsp3) is 0.267. The third-order valence-electron chi connectivity index (χ3n) is 3.83. The van der Waals surface area contributed by atoms with Crippen LogP contribution in [0.5, 0.6) is 0 Å². The van der Waals surface area contributed by atoms with E-state index in [0.717, 1.165) is 34.8 Å². The zero-order valence-corrected chi connectivity index (χ0v) is 11.6. The summed E-state index contributed by atoms with van der Waals surface area (Å²) in [4.78, 5) is 8.88. The number of rotatable bonds is 1. The van der Waals surface area contributed by atoms with Gasteiger partial charge in [0, 0.05) is 21.8 Å². The van der Waals surface area contributed by atoms with E-state index in [0.29, 0.717) is 5.78 Å². The van der Waals surface area contributed by atoms with Crippen LogP contribution in [0.4, 0.5) is 0 Å². The highest BCUT2D eigenvalue weighted by Crippen LogP contribution is 2.34.